The molecule has 5 heteroatoms. The van der Waals surface area contributed by atoms with Gasteiger partial charge in [0.1, 0.15) is 0 Å². The highest BCUT2D eigenvalue weighted by atomic mass is 16.2. The lowest BCUT2D eigenvalue weighted by Crippen LogP contribution is -2.32. The summed E-state index contributed by atoms with van der Waals surface area (Å²) in [6, 6.07) is 19.5. The van der Waals surface area contributed by atoms with Gasteiger partial charge in [-0.05, 0) is 50.1 Å². The maximum atomic E-state index is 13.1. The highest BCUT2D eigenvalue weighted by molar-refractivity contribution is 5.79. The Bertz CT molecular complexity index is 1010. The third-order valence-corrected chi connectivity index (χ3v) is 5.07. The Morgan fingerprint density at radius 1 is 1.10 bits per heavy atom. The van der Waals surface area contributed by atoms with Gasteiger partial charge in [0.2, 0.25) is 5.91 Å². The van der Waals surface area contributed by atoms with E-state index in [1.54, 1.807) is 12.1 Å². The van der Waals surface area contributed by atoms with Crippen molar-refractivity contribution in [3.8, 4) is 11.8 Å². The molecule has 1 aromatic heterocycles. The monoisotopic (exact) mass is 386 g/mol. The van der Waals surface area contributed by atoms with Gasteiger partial charge in [0.25, 0.3) is 0 Å². The molecular formula is C24H26N4O. The lowest BCUT2D eigenvalue weighted by molar-refractivity contribution is -0.131. The molecule has 3 aromatic rings. The van der Waals surface area contributed by atoms with Crippen molar-refractivity contribution in [2.24, 2.45) is 0 Å². The number of hydrogen-bond acceptors (Lipinski definition) is 3. The zero-order valence-corrected chi connectivity index (χ0v) is 17.2. The van der Waals surface area contributed by atoms with E-state index in [4.69, 9.17) is 5.26 Å². The van der Waals surface area contributed by atoms with Gasteiger partial charge >= 0.3 is 0 Å². The van der Waals surface area contributed by atoms with E-state index < -0.39 is 0 Å². The van der Waals surface area contributed by atoms with E-state index in [1.807, 2.05) is 65.9 Å². The molecule has 0 aliphatic heterocycles. The average molecular weight is 386 g/mol. The molecule has 1 amide bonds. The van der Waals surface area contributed by atoms with Crippen LogP contribution in [-0.2, 0) is 17.8 Å². The predicted octanol–water partition coefficient (Wildman–Crippen LogP) is 4.34. The minimum absolute atomic E-state index is 0.0926. The molecule has 0 fully saturated rings. The maximum Gasteiger partial charge on any atom is 0.227 e. The molecule has 0 spiro atoms. The van der Waals surface area contributed by atoms with E-state index in [0.717, 1.165) is 34.6 Å². The molecule has 0 N–H and O–H groups in total. The fourth-order valence-corrected chi connectivity index (χ4v) is 3.48. The molecule has 3 rings (SSSR count). The Balaban J connectivity index is 1.79. The van der Waals surface area contributed by atoms with Crippen molar-refractivity contribution in [1.29, 1.82) is 5.26 Å². The zero-order valence-electron chi connectivity index (χ0n) is 17.2. The van der Waals surface area contributed by atoms with Gasteiger partial charge in [-0.2, -0.15) is 10.4 Å². The zero-order chi connectivity index (χ0) is 20.8. The van der Waals surface area contributed by atoms with E-state index in [0.29, 0.717) is 25.1 Å². The molecule has 0 aliphatic carbocycles. The number of carbonyl (C=O) groups excluding carboxylic acids is 1. The van der Waals surface area contributed by atoms with Crippen molar-refractivity contribution in [2.75, 3.05) is 6.54 Å². The topological polar surface area (TPSA) is 61.9 Å². The maximum absolute atomic E-state index is 13.1. The first-order valence-electron chi connectivity index (χ1n) is 9.90. The van der Waals surface area contributed by atoms with Crippen molar-refractivity contribution in [3.63, 3.8) is 0 Å². The van der Waals surface area contributed by atoms with E-state index in [1.165, 1.54) is 0 Å². The minimum Gasteiger partial charge on any atom is -0.338 e. The van der Waals surface area contributed by atoms with Gasteiger partial charge < -0.3 is 4.90 Å². The number of hydrogen-bond donors (Lipinski definition) is 0. The van der Waals surface area contributed by atoms with Crippen molar-refractivity contribution in [3.05, 3.63) is 82.7 Å². The second-order valence-electron chi connectivity index (χ2n) is 7.20. The largest absolute Gasteiger partial charge is 0.338 e. The molecule has 0 unspecified atom stereocenters. The van der Waals surface area contributed by atoms with Crippen LogP contribution >= 0.6 is 0 Å². The van der Waals surface area contributed by atoms with Gasteiger partial charge in [-0.15, -0.1) is 0 Å². The van der Waals surface area contributed by atoms with Gasteiger partial charge in [-0.3, -0.25) is 4.79 Å². The number of nitriles is 1. The Hall–Kier alpha value is -3.39. The van der Waals surface area contributed by atoms with Crippen LogP contribution in [0.4, 0.5) is 0 Å². The van der Waals surface area contributed by atoms with Crippen LogP contribution in [0.15, 0.2) is 54.6 Å². The molecule has 0 radical (unpaired) electrons. The van der Waals surface area contributed by atoms with Crippen LogP contribution in [-0.4, -0.2) is 27.1 Å². The number of nitrogens with zero attached hydrogens (tertiary/aromatic N) is 4. The third kappa shape index (κ3) is 4.72. The Labute approximate surface area is 172 Å². The fourth-order valence-electron chi connectivity index (χ4n) is 3.48. The molecule has 5 nitrogen and oxygen atoms in total. The Kier molecular flexibility index (Phi) is 6.46. The summed E-state index contributed by atoms with van der Waals surface area (Å²) in [5.74, 6) is 0.0926. The Morgan fingerprint density at radius 3 is 2.41 bits per heavy atom. The molecule has 0 atom stereocenters. The highest BCUT2D eigenvalue weighted by Gasteiger charge is 2.20. The number of aryl methyl sites for hydroxylation is 1. The normalized spacial score (nSPS) is 10.6. The third-order valence-electron chi connectivity index (χ3n) is 5.07. The number of rotatable bonds is 7. The molecule has 29 heavy (non-hydrogen) atoms. The number of para-hydroxylation sites is 1. The second-order valence-corrected chi connectivity index (χ2v) is 7.20. The number of carbonyl (C=O) groups is 1. The van der Waals surface area contributed by atoms with E-state index in [2.05, 4.69) is 18.1 Å². The lowest BCUT2D eigenvalue weighted by atomic mass is 10.1. The smallest absolute Gasteiger partial charge is 0.227 e. The first-order chi connectivity index (χ1) is 14.0. The summed E-state index contributed by atoms with van der Waals surface area (Å²) < 4.78 is 1.91. The second kappa shape index (κ2) is 9.20. The molecule has 0 saturated carbocycles. The fraction of sp³-hybridized carbons (Fsp3) is 0.292. The van der Waals surface area contributed by atoms with Crippen LogP contribution in [0.1, 0.15) is 41.4 Å². The summed E-state index contributed by atoms with van der Waals surface area (Å²) >= 11 is 0. The quantitative estimate of drug-likeness (QED) is 0.607. The minimum atomic E-state index is 0.0926. The van der Waals surface area contributed by atoms with Crippen LogP contribution in [0.25, 0.3) is 5.69 Å². The van der Waals surface area contributed by atoms with Gasteiger partial charge in [0, 0.05) is 24.3 Å². The van der Waals surface area contributed by atoms with Gasteiger partial charge in [0.05, 0.1) is 29.4 Å². The number of benzene rings is 2. The summed E-state index contributed by atoms with van der Waals surface area (Å²) in [6.45, 7) is 7.29. The average Bonchev–Trinajstić information content (AvgIpc) is 3.03. The SMILES string of the molecule is CCCN(Cc1ccc(C#N)cc1)C(=O)Cc1c(C)nn(-c2ccccc2)c1C. The molecule has 0 aliphatic rings. The number of aromatic nitrogens is 2. The van der Waals surface area contributed by atoms with Crippen LogP contribution in [0.2, 0.25) is 0 Å². The van der Waals surface area contributed by atoms with Crippen molar-refractivity contribution in [2.45, 2.75) is 40.2 Å². The van der Waals surface area contributed by atoms with Crippen molar-refractivity contribution in [1.82, 2.24) is 14.7 Å². The molecule has 1 heterocycles. The van der Waals surface area contributed by atoms with Crippen LogP contribution in [0.5, 0.6) is 0 Å². The van der Waals surface area contributed by atoms with Gasteiger partial charge in [-0.1, -0.05) is 37.3 Å². The summed E-state index contributed by atoms with van der Waals surface area (Å²) in [5.41, 5.74) is 5.52. The summed E-state index contributed by atoms with van der Waals surface area (Å²) in [5, 5.41) is 13.6. The lowest BCUT2D eigenvalue weighted by Gasteiger charge is -2.22. The number of amides is 1. The highest BCUT2D eigenvalue weighted by Crippen LogP contribution is 2.20. The molecule has 0 bridgehead atoms. The van der Waals surface area contributed by atoms with Crippen LogP contribution in [0.3, 0.4) is 0 Å². The van der Waals surface area contributed by atoms with Crippen molar-refractivity contribution < 1.29 is 4.79 Å². The summed E-state index contributed by atoms with van der Waals surface area (Å²) in [7, 11) is 0. The molecule has 148 valence electrons. The first kappa shape index (κ1) is 20.3. The van der Waals surface area contributed by atoms with Gasteiger partial charge in [0.15, 0.2) is 0 Å². The predicted molar refractivity (Wildman–Crippen MR) is 114 cm³/mol. The molecule has 0 saturated heterocycles. The molecular weight excluding hydrogens is 360 g/mol. The van der Waals surface area contributed by atoms with Crippen molar-refractivity contribution >= 4 is 5.91 Å². The van der Waals surface area contributed by atoms with Crippen LogP contribution < -0.4 is 0 Å². The standard InChI is InChI=1S/C24H26N4O/c1-4-14-27(17-21-12-10-20(16-25)11-13-21)24(29)15-23-18(2)26-28(19(23)3)22-8-6-5-7-9-22/h5-13H,4,14-15,17H2,1-3H3. The van der Waals surface area contributed by atoms with E-state index >= 15 is 0 Å². The summed E-state index contributed by atoms with van der Waals surface area (Å²) in [6.07, 6.45) is 1.23. The molecule has 2 aromatic carbocycles. The van der Waals surface area contributed by atoms with E-state index in [-0.39, 0.29) is 5.91 Å². The Morgan fingerprint density at radius 2 is 1.79 bits per heavy atom. The van der Waals surface area contributed by atoms with Gasteiger partial charge in [-0.25, -0.2) is 4.68 Å². The first-order valence-corrected chi connectivity index (χ1v) is 9.90. The summed E-state index contributed by atoms with van der Waals surface area (Å²) in [4.78, 5) is 15.0. The van der Waals surface area contributed by atoms with E-state index in [9.17, 15) is 4.79 Å². The van der Waals surface area contributed by atoms with Crippen LogP contribution in [0, 0.1) is 25.2 Å².